The highest BCUT2D eigenvalue weighted by Crippen LogP contribution is 2.32. The molecule has 2 aromatic rings. The molecule has 17 heavy (non-hydrogen) atoms. The molecule has 2 aromatic carbocycles. The second-order valence-corrected chi connectivity index (χ2v) is 3.91. The zero-order valence-corrected chi connectivity index (χ0v) is 10.1. The summed E-state index contributed by atoms with van der Waals surface area (Å²) in [7, 11) is 0. The molecule has 1 N–H and O–H groups in total. The molecule has 1 aliphatic rings. The van der Waals surface area contributed by atoms with E-state index >= 15 is 0 Å². The van der Waals surface area contributed by atoms with Crippen molar-refractivity contribution in [2.24, 2.45) is 0 Å². The fraction of sp³-hybridized carbons (Fsp3) is 0.143. The second-order valence-electron chi connectivity index (χ2n) is 3.91. The Morgan fingerprint density at radius 2 is 1.65 bits per heavy atom. The molecule has 0 saturated carbocycles. The minimum Gasteiger partial charge on any atom is -0.489 e. The van der Waals surface area contributed by atoms with E-state index in [0.717, 1.165) is 11.4 Å². The second kappa shape index (κ2) is 5.11. The van der Waals surface area contributed by atoms with Gasteiger partial charge in [-0.15, -0.1) is 12.4 Å². The summed E-state index contributed by atoms with van der Waals surface area (Å²) >= 11 is 0. The molecule has 0 aromatic heterocycles. The fourth-order valence-electron chi connectivity index (χ4n) is 1.98. The van der Waals surface area contributed by atoms with Crippen LogP contribution in [0.4, 0.5) is 5.69 Å². The molecule has 0 bridgehead atoms. The van der Waals surface area contributed by atoms with Crippen molar-refractivity contribution >= 4 is 18.1 Å². The van der Waals surface area contributed by atoms with Gasteiger partial charge in [0.15, 0.2) is 0 Å². The molecular formula is C14H14ClNO. The van der Waals surface area contributed by atoms with E-state index in [0.29, 0.717) is 6.61 Å². The molecular weight excluding hydrogens is 234 g/mol. The van der Waals surface area contributed by atoms with Gasteiger partial charge in [0.2, 0.25) is 0 Å². The number of fused-ring (bicyclic) bond motifs is 1. The zero-order chi connectivity index (χ0) is 10.8. The Hall–Kier alpha value is -1.67. The van der Waals surface area contributed by atoms with Crippen LogP contribution in [-0.4, -0.2) is 6.61 Å². The topological polar surface area (TPSA) is 21.3 Å². The summed E-state index contributed by atoms with van der Waals surface area (Å²) in [5.74, 6) is 0.940. The van der Waals surface area contributed by atoms with Gasteiger partial charge in [0.1, 0.15) is 12.4 Å². The zero-order valence-electron chi connectivity index (χ0n) is 9.30. The summed E-state index contributed by atoms with van der Waals surface area (Å²) in [6.07, 6.45) is 0. The monoisotopic (exact) mass is 247 g/mol. The fourth-order valence-corrected chi connectivity index (χ4v) is 1.98. The van der Waals surface area contributed by atoms with E-state index in [9.17, 15) is 0 Å². The Morgan fingerprint density at radius 3 is 2.47 bits per heavy atom. The first-order valence-corrected chi connectivity index (χ1v) is 5.47. The first-order valence-electron chi connectivity index (χ1n) is 5.47. The van der Waals surface area contributed by atoms with E-state index in [1.807, 2.05) is 30.3 Å². The third-order valence-corrected chi connectivity index (χ3v) is 2.82. The number of ether oxygens (including phenoxy) is 1. The van der Waals surface area contributed by atoms with Crippen molar-refractivity contribution in [2.75, 3.05) is 11.9 Å². The van der Waals surface area contributed by atoms with Crippen molar-refractivity contribution in [3.8, 4) is 5.75 Å². The smallest absolute Gasteiger partial charge is 0.142 e. The summed E-state index contributed by atoms with van der Waals surface area (Å²) in [6, 6.07) is 18.7. The van der Waals surface area contributed by atoms with Gasteiger partial charge in [-0.05, 0) is 17.7 Å². The minimum absolute atomic E-state index is 0. The number of benzene rings is 2. The van der Waals surface area contributed by atoms with E-state index in [1.165, 1.54) is 5.56 Å². The van der Waals surface area contributed by atoms with Crippen LogP contribution in [0.15, 0.2) is 54.6 Å². The molecule has 88 valence electrons. The number of hydrogen-bond acceptors (Lipinski definition) is 2. The molecule has 0 spiro atoms. The van der Waals surface area contributed by atoms with Crippen molar-refractivity contribution in [2.45, 2.75) is 6.04 Å². The summed E-state index contributed by atoms with van der Waals surface area (Å²) in [4.78, 5) is 0. The molecule has 0 radical (unpaired) electrons. The largest absolute Gasteiger partial charge is 0.489 e. The van der Waals surface area contributed by atoms with Crippen molar-refractivity contribution < 1.29 is 4.74 Å². The van der Waals surface area contributed by atoms with Gasteiger partial charge in [-0.3, -0.25) is 0 Å². The predicted molar refractivity (Wildman–Crippen MR) is 72.0 cm³/mol. The van der Waals surface area contributed by atoms with E-state index in [4.69, 9.17) is 4.74 Å². The van der Waals surface area contributed by atoms with Crippen LogP contribution >= 0.6 is 12.4 Å². The van der Waals surface area contributed by atoms with Gasteiger partial charge >= 0.3 is 0 Å². The van der Waals surface area contributed by atoms with Gasteiger partial charge in [0.05, 0.1) is 11.7 Å². The Balaban J connectivity index is 0.00000108. The van der Waals surface area contributed by atoms with Crippen molar-refractivity contribution in [1.82, 2.24) is 0 Å². The number of anilines is 1. The van der Waals surface area contributed by atoms with E-state index in [-0.39, 0.29) is 18.4 Å². The van der Waals surface area contributed by atoms with Crippen LogP contribution < -0.4 is 10.1 Å². The Morgan fingerprint density at radius 1 is 0.941 bits per heavy atom. The van der Waals surface area contributed by atoms with Gasteiger partial charge in [0.25, 0.3) is 0 Å². The standard InChI is InChI=1S/C14H13NO.ClH/c1-2-6-11(7-3-1)13-10-16-14-9-5-4-8-12(14)15-13;/h1-9,13,15H,10H2;1H. The quantitative estimate of drug-likeness (QED) is 0.831. The predicted octanol–water partition coefficient (Wildman–Crippen LogP) is 3.65. The average Bonchev–Trinajstić information content (AvgIpc) is 2.39. The lowest BCUT2D eigenvalue weighted by Crippen LogP contribution is -2.23. The lowest BCUT2D eigenvalue weighted by molar-refractivity contribution is 0.286. The highest BCUT2D eigenvalue weighted by atomic mass is 35.5. The highest BCUT2D eigenvalue weighted by molar-refractivity contribution is 5.85. The summed E-state index contributed by atoms with van der Waals surface area (Å²) in [5.41, 5.74) is 2.33. The van der Waals surface area contributed by atoms with Gasteiger partial charge in [-0.1, -0.05) is 42.5 Å². The van der Waals surface area contributed by atoms with Gasteiger partial charge < -0.3 is 10.1 Å². The maximum atomic E-state index is 5.73. The number of nitrogens with one attached hydrogen (secondary N) is 1. The SMILES string of the molecule is Cl.c1ccc(C2COc3ccccc3N2)cc1. The number of halogens is 1. The van der Waals surface area contributed by atoms with Crippen LogP contribution in [0.25, 0.3) is 0 Å². The molecule has 0 amide bonds. The first kappa shape index (κ1) is 11.8. The Labute approximate surface area is 107 Å². The molecule has 1 aliphatic heterocycles. The van der Waals surface area contributed by atoms with Gasteiger partial charge in [-0.2, -0.15) is 0 Å². The van der Waals surface area contributed by atoms with Crippen LogP contribution in [0.2, 0.25) is 0 Å². The third kappa shape index (κ3) is 2.37. The minimum atomic E-state index is 0. The molecule has 3 heteroatoms. The van der Waals surface area contributed by atoms with Crippen molar-refractivity contribution in [1.29, 1.82) is 0 Å². The third-order valence-electron chi connectivity index (χ3n) is 2.82. The summed E-state index contributed by atoms with van der Waals surface area (Å²) in [5, 5.41) is 3.49. The van der Waals surface area contributed by atoms with Gasteiger partial charge in [-0.25, -0.2) is 0 Å². The molecule has 3 rings (SSSR count). The van der Waals surface area contributed by atoms with Crippen molar-refractivity contribution in [3.05, 3.63) is 60.2 Å². The van der Waals surface area contributed by atoms with Crippen LogP contribution in [0.3, 0.4) is 0 Å². The number of hydrogen-bond donors (Lipinski definition) is 1. The Kier molecular flexibility index (Phi) is 3.55. The molecule has 1 atom stereocenters. The molecule has 1 heterocycles. The molecule has 1 unspecified atom stereocenters. The highest BCUT2D eigenvalue weighted by Gasteiger charge is 2.19. The molecule has 0 aliphatic carbocycles. The van der Waals surface area contributed by atoms with E-state index in [2.05, 4.69) is 29.6 Å². The number of rotatable bonds is 1. The summed E-state index contributed by atoms with van der Waals surface area (Å²) in [6.45, 7) is 0.682. The van der Waals surface area contributed by atoms with E-state index in [1.54, 1.807) is 0 Å². The maximum Gasteiger partial charge on any atom is 0.142 e. The normalized spacial score (nSPS) is 17.1. The average molecular weight is 248 g/mol. The van der Waals surface area contributed by atoms with Crippen molar-refractivity contribution in [3.63, 3.8) is 0 Å². The number of para-hydroxylation sites is 2. The lowest BCUT2D eigenvalue weighted by Gasteiger charge is -2.27. The Bertz CT molecular complexity index is 487. The van der Waals surface area contributed by atoms with Crippen LogP contribution in [0.5, 0.6) is 5.75 Å². The van der Waals surface area contributed by atoms with Crippen LogP contribution in [0.1, 0.15) is 11.6 Å². The molecule has 0 fully saturated rings. The molecule has 2 nitrogen and oxygen atoms in total. The first-order chi connectivity index (χ1) is 7.93. The van der Waals surface area contributed by atoms with Crippen LogP contribution in [0, 0.1) is 0 Å². The summed E-state index contributed by atoms with van der Waals surface area (Å²) < 4.78 is 5.73. The molecule has 0 saturated heterocycles. The van der Waals surface area contributed by atoms with Gasteiger partial charge in [0, 0.05) is 0 Å². The van der Waals surface area contributed by atoms with Crippen LogP contribution in [-0.2, 0) is 0 Å². The maximum absolute atomic E-state index is 5.73. The lowest BCUT2D eigenvalue weighted by atomic mass is 10.1. The van der Waals surface area contributed by atoms with E-state index < -0.39 is 0 Å².